The van der Waals surface area contributed by atoms with Crippen molar-refractivity contribution < 1.29 is 0 Å². The summed E-state index contributed by atoms with van der Waals surface area (Å²) in [5.74, 6) is 0.835. The maximum absolute atomic E-state index is 3.99. The third kappa shape index (κ3) is 2.66. The number of nitrogens with one attached hydrogen (secondary N) is 1. The van der Waals surface area contributed by atoms with Crippen LogP contribution in [-0.2, 0) is 7.05 Å². The minimum Gasteiger partial charge on any atom is -0.338 e. The summed E-state index contributed by atoms with van der Waals surface area (Å²) >= 11 is 0. The van der Waals surface area contributed by atoms with Crippen molar-refractivity contribution >= 4 is 5.95 Å². The largest absolute Gasteiger partial charge is 0.338 e. The molecule has 80 valence electrons. The van der Waals surface area contributed by atoms with E-state index in [9.17, 15) is 0 Å². The van der Waals surface area contributed by atoms with Crippen LogP contribution in [0.3, 0.4) is 0 Å². The maximum Gasteiger partial charge on any atom is 0.245 e. The summed E-state index contributed by atoms with van der Waals surface area (Å²) in [6.07, 6.45) is 1.09. The molecule has 1 rings (SSSR count). The molecule has 0 fully saturated rings. The Morgan fingerprint density at radius 3 is 2.71 bits per heavy atom. The van der Waals surface area contributed by atoms with Crippen molar-refractivity contribution in [1.29, 1.82) is 0 Å². The molecule has 6 heteroatoms. The number of aromatic nitrogens is 4. The van der Waals surface area contributed by atoms with Gasteiger partial charge in [-0.3, -0.25) is 0 Å². The van der Waals surface area contributed by atoms with Gasteiger partial charge in [-0.2, -0.15) is 0 Å². The Labute approximate surface area is 84.3 Å². The van der Waals surface area contributed by atoms with E-state index < -0.39 is 0 Å². The molecule has 0 saturated heterocycles. The second-order valence-electron chi connectivity index (χ2n) is 3.19. The van der Waals surface area contributed by atoms with E-state index in [0.29, 0.717) is 0 Å². The van der Waals surface area contributed by atoms with Crippen molar-refractivity contribution in [3.05, 3.63) is 0 Å². The van der Waals surface area contributed by atoms with E-state index in [1.165, 1.54) is 0 Å². The number of rotatable bonds is 6. The molecule has 1 N–H and O–H groups in total. The van der Waals surface area contributed by atoms with Crippen LogP contribution >= 0.6 is 0 Å². The Morgan fingerprint density at radius 2 is 2.21 bits per heavy atom. The maximum atomic E-state index is 3.99. The van der Waals surface area contributed by atoms with Gasteiger partial charge in [0.1, 0.15) is 0 Å². The molecule has 1 aromatic heterocycles. The fourth-order valence-corrected chi connectivity index (χ4v) is 1.32. The van der Waals surface area contributed by atoms with Crippen LogP contribution in [0.5, 0.6) is 0 Å². The Kier molecular flexibility index (Phi) is 4.31. The quantitative estimate of drug-likeness (QED) is 0.677. The first-order valence-electron chi connectivity index (χ1n) is 4.91. The molecule has 0 spiro atoms. The van der Waals surface area contributed by atoms with Crippen LogP contribution < -0.4 is 10.2 Å². The Balaban J connectivity index is 2.62. The third-order valence-electron chi connectivity index (χ3n) is 2.01. The lowest BCUT2D eigenvalue weighted by atomic mass is 10.4. The van der Waals surface area contributed by atoms with Gasteiger partial charge in [0.2, 0.25) is 5.95 Å². The van der Waals surface area contributed by atoms with E-state index in [-0.39, 0.29) is 0 Å². The molecule has 0 saturated carbocycles. The normalized spacial score (nSPS) is 10.5. The molecular weight excluding hydrogens is 180 g/mol. The smallest absolute Gasteiger partial charge is 0.245 e. The lowest BCUT2D eigenvalue weighted by Gasteiger charge is -2.21. The molecule has 0 aliphatic rings. The standard InChI is InChI=1S/C8H18N6/c1-4-6-14(7-5-9-2)8-10-11-12-13(8)3/h9H,4-7H2,1-3H3. The number of aryl methyl sites for hydroxylation is 1. The minimum absolute atomic E-state index is 0.835. The van der Waals surface area contributed by atoms with Crippen molar-refractivity contribution in [3.8, 4) is 0 Å². The fraction of sp³-hybridized carbons (Fsp3) is 0.875. The van der Waals surface area contributed by atoms with Gasteiger partial charge in [-0.1, -0.05) is 12.0 Å². The van der Waals surface area contributed by atoms with Crippen LogP contribution in [0.4, 0.5) is 5.95 Å². The van der Waals surface area contributed by atoms with E-state index in [4.69, 9.17) is 0 Å². The van der Waals surface area contributed by atoms with Crippen LogP contribution in [-0.4, -0.2) is 46.9 Å². The van der Waals surface area contributed by atoms with E-state index in [1.807, 2.05) is 14.1 Å². The van der Waals surface area contributed by atoms with E-state index >= 15 is 0 Å². The second kappa shape index (κ2) is 5.54. The minimum atomic E-state index is 0.835. The summed E-state index contributed by atoms with van der Waals surface area (Å²) in [5, 5.41) is 14.6. The van der Waals surface area contributed by atoms with Gasteiger partial charge in [0.25, 0.3) is 0 Å². The molecule has 0 radical (unpaired) electrons. The zero-order chi connectivity index (χ0) is 10.4. The Hall–Kier alpha value is -1.17. The molecular formula is C8H18N6. The first kappa shape index (κ1) is 10.9. The summed E-state index contributed by atoms with van der Waals surface area (Å²) < 4.78 is 1.70. The van der Waals surface area contributed by atoms with Crippen LogP contribution in [0, 0.1) is 0 Å². The number of tetrazole rings is 1. The number of likely N-dealkylation sites (N-methyl/N-ethyl adjacent to an activating group) is 1. The molecule has 0 amide bonds. The average molecular weight is 198 g/mol. The first-order valence-corrected chi connectivity index (χ1v) is 4.91. The molecule has 14 heavy (non-hydrogen) atoms. The van der Waals surface area contributed by atoms with E-state index in [0.717, 1.165) is 32.0 Å². The highest BCUT2D eigenvalue weighted by Crippen LogP contribution is 2.06. The second-order valence-corrected chi connectivity index (χ2v) is 3.19. The SMILES string of the molecule is CCCN(CCNC)c1nnnn1C. The molecule has 1 heterocycles. The molecule has 0 atom stereocenters. The molecule has 0 aliphatic heterocycles. The number of nitrogens with zero attached hydrogens (tertiary/aromatic N) is 5. The first-order chi connectivity index (χ1) is 6.79. The lowest BCUT2D eigenvalue weighted by Crippen LogP contribution is -2.33. The van der Waals surface area contributed by atoms with Crippen LogP contribution in [0.1, 0.15) is 13.3 Å². The average Bonchev–Trinajstić information content (AvgIpc) is 2.59. The molecule has 0 unspecified atom stereocenters. The Bertz CT molecular complexity index is 258. The number of hydrogen-bond donors (Lipinski definition) is 1. The van der Waals surface area contributed by atoms with Gasteiger partial charge in [0.05, 0.1) is 0 Å². The lowest BCUT2D eigenvalue weighted by molar-refractivity contribution is 0.653. The summed E-state index contributed by atoms with van der Waals surface area (Å²) in [4.78, 5) is 2.18. The van der Waals surface area contributed by atoms with Crippen LogP contribution in [0.2, 0.25) is 0 Å². The zero-order valence-corrected chi connectivity index (χ0v) is 9.06. The number of anilines is 1. The Morgan fingerprint density at radius 1 is 1.43 bits per heavy atom. The van der Waals surface area contributed by atoms with Crippen molar-refractivity contribution in [2.24, 2.45) is 7.05 Å². The van der Waals surface area contributed by atoms with Gasteiger partial charge in [-0.15, -0.1) is 0 Å². The van der Waals surface area contributed by atoms with Gasteiger partial charge >= 0.3 is 0 Å². The number of hydrogen-bond acceptors (Lipinski definition) is 5. The van der Waals surface area contributed by atoms with Gasteiger partial charge in [0.15, 0.2) is 0 Å². The summed E-state index contributed by atoms with van der Waals surface area (Å²) in [7, 11) is 3.80. The summed E-state index contributed by atoms with van der Waals surface area (Å²) in [6, 6.07) is 0. The summed E-state index contributed by atoms with van der Waals surface area (Å²) in [5.41, 5.74) is 0. The third-order valence-corrected chi connectivity index (χ3v) is 2.01. The van der Waals surface area contributed by atoms with Crippen molar-refractivity contribution in [2.75, 3.05) is 31.6 Å². The summed E-state index contributed by atoms with van der Waals surface area (Å²) in [6.45, 7) is 5.00. The zero-order valence-electron chi connectivity index (χ0n) is 9.06. The molecule has 0 aliphatic carbocycles. The van der Waals surface area contributed by atoms with E-state index in [1.54, 1.807) is 4.68 Å². The highest BCUT2D eigenvalue weighted by atomic mass is 15.6. The van der Waals surface area contributed by atoms with Crippen molar-refractivity contribution in [1.82, 2.24) is 25.5 Å². The monoisotopic (exact) mass is 198 g/mol. The fourth-order valence-electron chi connectivity index (χ4n) is 1.32. The van der Waals surface area contributed by atoms with Crippen LogP contribution in [0.15, 0.2) is 0 Å². The molecule has 6 nitrogen and oxygen atoms in total. The van der Waals surface area contributed by atoms with E-state index in [2.05, 4.69) is 32.7 Å². The predicted molar refractivity (Wildman–Crippen MR) is 55.2 cm³/mol. The van der Waals surface area contributed by atoms with Crippen molar-refractivity contribution in [2.45, 2.75) is 13.3 Å². The molecule has 0 aromatic carbocycles. The molecule has 0 bridgehead atoms. The highest BCUT2D eigenvalue weighted by molar-refractivity contribution is 5.27. The topological polar surface area (TPSA) is 58.9 Å². The van der Waals surface area contributed by atoms with Crippen LogP contribution in [0.25, 0.3) is 0 Å². The molecule has 1 aromatic rings. The van der Waals surface area contributed by atoms with Gasteiger partial charge in [0, 0.05) is 26.7 Å². The van der Waals surface area contributed by atoms with Gasteiger partial charge < -0.3 is 10.2 Å². The van der Waals surface area contributed by atoms with Gasteiger partial charge in [-0.05, 0) is 23.9 Å². The highest BCUT2D eigenvalue weighted by Gasteiger charge is 2.10. The predicted octanol–water partition coefficient (Wildman–Crippen LogP) is -0.354. The van der Waals surface area contributed by atoms with Crippen molar-refractivity contribution in [3.63, 3.8) is 0 Å². The van der Waals surface area contributed by atoms with Gasteiger partial charge in [-0.25, -0.2) is 4.68 Å².